The Morgan fingerprint density at radius 3 is 2.62 bits per heavy atom. The van der Waals surface area contributed by atoms with Crippen molar-refractivity contribution in [2.45, 2.75) is 19.3 Å². The van der Waals surface area contributed by atoms with Gasteiger partial charge in [0, 0.05) is 38.7 Å². The molecule has 8 heteroatoms. The largest absolute Gasteiger partial charge is 0.481 e. The first-order valence-electron chi connectivity index (χ1n) is 7.84. The predicted octanol–water partition coefficient (Wildman–Crippen LogP) is 2.93. The maximum Gasteiger partial charge on any atom is 0.303 e. The van der Waals surface area contributed by atoms with Crippen molar-refractivity contribution in [2.24, 2.45) is 0 Å². The highest BCUT2D eigenvalue weighted by Gasteiger charge is 2.23. The average molecular weight is 373 g/mol. The number of aliphatic carboxylic acids is 1. The van der Waals surface area contributed by atoms with E-state index in [0.29, 0.717) is 6.42 Å². The van der Waals surface area contributed by atoms with Gasteiger partial charge in [-0.25, -0.2) is 0 Å². The number of hydrogen-bond acceptors (Lipinski definition) is 5. The molecule has 0 aliphatic carbocycles. The Balaban J connectivity index is 0.00000208. The van der Waals surface area contributed by atoms with Crippen LogP contribution in [0.5, 0.6) is 0 Å². The summed E-state index contributed by atoms with van der Waals surface area (Å²) >= 11 is 1.47. The molecule has 1 aliphatic rings. The summed E-state index contributed by atoms with van der Waals surface area (Å²) in [7, 11) is 0. The predicted molar refractivity (Wildman–Crippen MR) is 95.2 cm³/mol. The van der Waals surface area contributed by atoms with Crippen LogP contribution < -0.4 is 0 Å². The number of carboxylic acid groups (broad SMARTS) is 1. The maximum atomic E-state index is 12.5. The standard InChI is InChI=1S/C16H20N2O4S.ClH/c19-15(20)3-1-2-5-17-6-8-18(9-7-17)16(21)14-11-12-13(23-14)4-10-22-12;/h4,10-11H,1-3,5-9H2,(H,19,20);1H. The number of carbonyl (C=O) groups excluding carboxylic acids is 1. The van der Waals surface area contributed by atoms with Gasteiger partial charge in [0.1, 0.15) is 5.58 Å². The molecule has 1 saturated heterocycles. The summed E-state index contributed by atoms with van der Waals surface area (Å²) in [5, 5.41) is 8.63. The van der Waals surface area contributed by atoms with Gasteiger partial charge in [-0.2, -0.15) is 0 Å². The van der Waals surface area contributed by atoms with Crippen molar-refractivity contribution in [3.8, 4) is 0 Å². The summed E-state index contributed by atoms with van der Waals surface area (Å²) in [6, 6.07) is 3.70. The maximum absolute atomic E-state index is 12.5. The molecule has 1 N–H and O–H groups in total. The second-order valence-corrected chi connectivity index (χ2v) is 6.83. The zero-order valence-corrected chi connectivity index (χ0v) is 14.9. The minimum absolute atomic E-state index is 0. The molecule has 0 radical (unpaired) electrons. The van der Waals surface area contributed by atoms with Crippen LogP contribution in [0.15, 0.2) is 22.8 Å². The first-order valence-corrected chi connectivity index (χ1v) is 8.65. The molecule has 3 rings (SSSR count). The Kier molecular flexibility index (Phi) is 6.65. The molecule has 24 heavy (non-hydrogen) atoms. The number of piperazine rings is 1. The fourth-order valence-corrected chi connectivity index (χ4v) is 3.76. The second kappa shape index (κ2) is 8.50. The van der Waals surface area contributed by atoms with Crippen LogP contribution in [0.1, 0.15) is 28.9 Å². The number of halogens is 1. The molecule has 1 fully saturated rings. The van der Waals surface area contributed by atoms with Gasteiger partial charge in [0.25, 0.3) is 5.91 Å². The lowest BCUT2D eigenvalue weighted by molar-refractivity contribution is -0.137. The zero-order chi connectivity index (χ0) is 16.2. The van der Waals surface area contributed by atoms with Crippen LogP contribution in [0.2, 0.25) is 0 Å². The minimum atomic E-state index is -0.734. The highest BCUT2D eigenvalue weighted by Crippen LogP contribution is 2.27. The van der Waals surface area contributed by atoms with Gasteiger partial charge in [-0.15, -0.1) is 23.7 Å². The monoisotopic (exact) mass is 372 g/mol. The first-order chi connectivity index (χ1) is 11.1. The third kappa shape index (κ3) is 4.49. The molecule has 1 aliphatic heterocycles. The third-order valence-electron chi connectivity index (χ3n) is 4.12. The summed E-state index contributed by atoms with van der Waals surface area (Å²) in [5.74, 6) is -0.658. The van der Waals surface area contributed by atoms with Crippen LogP contribution in [0.3, 0.4) is 0 Å². The number of nitrogens with zero attached hydrogens (tertiary/aromatic N) is 2. The van der Waals surface area contributed by atoms with E-state index in [9.17, 15) is 9.59 Å². The summed E-state index contributed by atoms with van der Waals surface area (Å²) in [5.41, 5.74) is 0.774. The number of unbranched alkanes of at least 4 members (excludes halogenated alkanes) is 1. The molecule has 6 nitrogen and oxygen atoms in total. The van der Waals surface area contributed by atoms with Gasteiger partial charge in [-0.3, -0.25) is 14.5 Å². The van der Waals surface area contributed by atoms with E-state index in [2.05, 4.69) is 4.90 Å². The number of carbonyl (C=O) groups is 2. The summed E-state index contributed by atoms with van der Waals surface area (Å²) in [6.07, 6.45) is 3.47. The van der Waals surface area contributed by atoms with Crippen LogP contribution in [0, 0.1) is 0 Å². The van der Waals surface area contributed by atoms with E-state index < -0.39 is 5.97 Å². The topological polar surface area (TPSA) is 74.0 Å². The molecule has 0 aromatic carbocycles. The second-order valence-electron chi connectivity index (χ2n) is 5.74. The average Bonchev–Trinajstić information content (AvgIpc) is 3.13. The van der Waals surface area contributed by atoms with Crippen LogP contribution in [0.4, 0.5) is 0 Å². The van der Waals surface area contributed by atoms with Crippen molar-refractivity contribution in [2.75, 3.05) is 32.7 Å². The number of rotatable bonds is 6. The molecule has 2 aromatic rings. The lowest BCUT2D eigenvalue weighted by atomic mass is 10.2. The Labute approximate surface area is 150 Å². The van der Waals surface area contributed by atoms with Crippen LogP contribution in [0.25, 0.3) is 10.3 Å². The van der Waals surface area contributed by atoms with E-state index in [1.54, 1.807) is 6.26 Å². The van der Waals surface area contributed by atoms with E-state index in [0.717, 1.165) is 54.3 Å². The highest BCUT2D eigenvalue weighted by atomic mass is 35.5. The number of furan rings is 1. The molecule has 0 saturated carbocycles. The molecule has 1 amide bonds. The lowest BCUT2D eigenvalue weighted by Gasteiger charge is -2.34. The van der Waals surface area contributed by atoms with Crippen LogP contribution in [-0.4, -0.2) is 59.5 Å². The number of fused-ring (bicyclic) bond motifs is 1. The van der Waals surface area contributed by atoms with Crippen LogP contribution >= 0.6 is 23.7 Å². The van der Waals surface area contributed by atoms with E-state index in [1.165, 1.54) is 11.3 Å². The van der Waals surface area contributed by atoms with Gasteiger partial charge in [-0.05, 0) is 25.5 Å². The molecule has 0 spiro atoms. The normalized spacial score (nSPS) is 15.4. The molecule has 132 valence electrons. The van der Waals surface area contributed by atoms with E-state index in [1.807, 2.05) is 17.0 Å². The van der Waals surface area contributed by atoms with Crippen LogP contribution in [-0.2, 0) is 4.79 Å². The number of thiophene rings is 1. The fraction of sp³-hybridized carbons (Fsp3) is 0.500. The van der Waals surface area contributed by atoms with E-state index >= 15 is 0 Å². The van der Waals surface area contributed by atoms with E-state index in [-0.39, 0.29) is 24.7 Å². The first kappa shape index (κ1) is 18.8. The summed E-state index contributed by atoms with van der Waals surface area (Å²) in [6.45, 7) is 4.04. The SMILES string of the molecule is Cl.O=C(O)CCCCN1CCN(C(=O)c2cc3occc3s2)CC1. The fourth-order valence-electron chi connectivity index (χ4n) is 2.81. The van der Waals surface area contributed by atoms with Crippen molar-refractivity contribution >= 4 is 45.9 Å². The summed E-state index contributed by atoms with van der Waals surface area (Å²) in [4.78, 5) is 27.9. The number of carboxylic acids is 1. The van der Waals surface area contributed by atoms with E-state index in [4.69, 9.17) is 9.52 Å². The Hall–Kier alpha value is -1.57. The minimum Gasteiger partial charge on any atom is -0.481 e. The van der Waals surface area contributed by atoms with Crippen molar-refractivity contribution in [3.63, 3.8) is 0 Å². The van der Waals surface area contributed by atoms with Crippen molar-refractivity contribution in [1.29, 1.82) is 0 Å². The lowest BCUT2D eigenvalue weighted by Crippen LogP contribution is -2.48. The van der Waals surface area contributed by atoms with Crippen molar-refractivity contribution < 1.29 is 19.1 Å². The van der Waals surface area contributed by atoms with Crippen molar-refractivity contribution in [3.05, 3.63) is 23.3 Å². The Bertz CT molecular complexity index is 663. The van der Waals surface area contributed by atoms with Gasteiger partial charge < -0.3 is 14.4 Å². The number of amides is 1. The van der Waals surface area contributed by atoms with Gasteiger partial charge >= 0.3 is 5.97 Å². The molecule has 2 aromatic heterocycles. The van der Waals surface area contributed by atoms with Gasteiger partial charge in [0.05, 0.1) is 15.8 Å². The zero-order valence-electron chi connectivity index (χ0n) is 13.3. The van der Waals surface area contributed by atoms with Crippen molar-refractivity contribution in [1.82, 2.24) is 9.80 Å². The Morgan fingerprint density at radius 1 is 1.21 bits per heavy atom. The highest BCUT2D eigenvalue weighted by molar-refractivity contribution is 7.20. The quantitative estimate of drug-likeness (QED) is 0.789. The number of hydrogen-bond donors (Lipinski definition) is 1. The molecule has 0 unspecified atom stereocenters. The van der Waals surface area contributed by atoms with Gasteiger partial charge in [-0.1, -0.05) is 0 Å². The van der Waals surface area contributed by atoms with Gasteiger partial charge in [0.15, 0.2) is 0 Å². The van der Waals surface area contributed by atoms with Gasteiger partial charge in [0.2, 0.25) is 0 Å². The smallest absolute Gasteiger partial charge is 0.303 e. The molecular weight excluding hydrogens is 352 g/mol. The molecule has 0 bridgehead atoms. The molecular formula is C16H21ClN2O4S. The summed E-state index contributed by atoms with van der Waals surface area (Å²) < 4.78 is 6.32. The Morgan fingerprint density at radius 2 is 1.96 bits per heavy atom. The molecule has 0 atom stereocenters. The molecule has 3 heterocycles. The third-order valence-corrected chi connectivity index (χ3v) is 5.19.